The smallest absolute Gasteiger partial charge is 0.435 e. The monoisotopic (exact) mass is 611 g/mol. The van der Waals surface area contributed by atoms with Crippen LogP contribution in [-0.2, 0) is 17.5 Å². The summed E-state index contributed by atoms with van der Waals surface area (Å²) in [5, 5.41) is 8.65. The molecule has 0 aliphatic heterocycles. The molecule has 2 amide bonds. The van der Waals surface area contributed by atoms with Gasteiger partial charge in [-0.2, -0.15) is 18.3 Å². The van der Waals surface area contributed by atoms with E-state index in [4.69, 9.17) is 4.74 Å². The first-order valence-electron chi connectivity index (χ1n) is 13.9. The van der Waals surface area contributed by atoms with Crippen molar-refractivity contribution in [2.75, 3.05) is 16.8 Å². The second kappa shape index (κ2) is 13.2. The van der Waals surface area contributed by atoms with Crippen molar-refractivity contribution in [3.8, 4) is 5.69 Å². The molecule has 3 aromatic carbocycles. The Balaban J connectivity index is 1.65. The Kier molecular flexibility index (Phi) is 9.61. The summed E-state index contributed by atoms with van der Waals surface area (Å²) in [6, 6.07) is 20.3. The number of hydrogen-bond donors (Lipinski definition) is 2. The number of nitrogens with one attached hydrogen (secondary N) is 2. The molecule has 0 unspecified atom stereocenters. The molecule has 2 N–H and O–H groups in total. The number of hydrogen-bond acceptors (Lipinski definition) is 5. The van der Waals surface area contributed by atoms with E-state index in [0.29, 0.717) is 24.6 Å². The van der Waals surface area contributed by atoms with Crippen molar-refractivity contribution in [3.63, 3.8) is 0 Å². The Labute approximate surface area is 252 Å². The highest BCUT2D eigenvalue weighted by molar-refractivity contribution is 6.04. The van der Waals surface area contributed by atoms with E-state index in [1.54, 1.807) is 49.9 Å². The minimum atomic E-state index is -4.85. The van der Waals surface area contributed by atoms with Crippen LogP contribution in [-0.4, -0.2) is 33.9 Å². The van der Waals surface area contributed by atoms with Crippen molar-refractivity contribution in [3.05, 3.63) is 102 Å². The van der Waals surface area contributed by atoms with Crippen molar-refractivity contribution >= 4 is 29.1 Å². The van der Waals surface area contributed by atoms with Gasteiger partial charge in [-0.05, 0) is 69.2 Å². The Morgan fingerprint density at radius 1 is 0.955 bits per heavy atom. The second-order valence-electron chi connectivity index (χ2n) is 10.9. The lowest BCUT2D eigenvalue weighted by Gasteiger charge is -2.25. The number of alkyl halides is 3. The van der Waals surface area contributed by atoms with Gasteiger partial charge in [-0.15, -0.1) is 0 Å². The fraction of sp³-hybridized carbons (Fsp3) is 0.281. The predicted octanol–water partition coefficient (Wildman–Crippen LogP) is 7.86. The number of benzene rings is 3. The molecular formula is C32H33F4N5O3. The van der Waals surface area contributed by atoms with Crippen molar-refractivity contribution < 1.29 is 31.9 Å². The molecule has 0 aliphatic carbocycles. The molecule has 0 atom stereocenters. The fourth-order valence-electron chi connectivity index (χ4n) is 4.40. The minimum absolute atomic E-state index is 0.00531. The fourth-order valence-corrected chi connectivity index (χ4v) is 4.40. The Hall–Kier alpha value is -4.87. The molecule has 4 aromatic rings. The molecule has 0 saturated heterocycles. The highest BCUT2D eigenvalue weighted by atomic mass is 19.4. The molecule has 44 heavy (non-hydrogen) atoms. The lowest BCUT2D eigenvalue weighted by molar-refractivity contribution is -0.141. The molecule has 0 saturated carbocycles. The standard InChI is InChI=1S/C32H33F4N5O3/c1-5-17-40(22-12-7-6-8-13-22)25-16-10-15-24(28(25)33)38-29(42)26-19-27(32(34,35)36)39-41(26)23-14-9-11-21(18-23)20-37-30(43)44-31(2,3)4/h6-16,18-19H,5,17,20H2,1-4H3,(H,37,43)(H,38,42). The Morgan fingerprint density at radius 3 is 2.32 bits per heavy atom. The normalized spacial score (nSPS) is 11.6. The van der Waals surface area contributed by atoms with E-state index in [-0.39, 0.29) is 23.6 Å². The number of nitrogens with zero attached hydrogens (tertiary/aromatic N) is 3. The van der Waals surface area contributed by atoms with Crippen LogP contribution in [0.2, 0.25) is 0 Å². The van der Waals surface area contributed by atoms with E-state index in [1.807, 2.05) is 37.3 Å². The maximum absolute atomic E-state index is 15.8. The SMILES string of the molecule is CCCN(c1ccccc1)c1cccc(NC(=O)c2cc(C(F)(F)F)nn2-c2cccc(CNC(=O)OC(C)(C)C)c2)c1F. The lowest BCUT2D eigenvalue weighted by Crippen LogP contribution is -2.32. The molecule has 0 aliphatic rings. The van der Waals surface area contributed by atoms with E-state index in [1.165, 1.54) is 18.2 Å². The highest BCUT2D eigenvalue weighted by Gasteiger charge is 2.36. The van der Waals surface area contributed by atoms with Gasteiger partial charge in [0.1, 0.15) is 11.3 Å². The topological polar surface area (TPSA) is 88.5 Å². The molecule has 232 valence electrons. The van der Waals surface area contributed by atoms with Crippen LogP contribution in [0.1, 0.15) is 55.9 Å². The first-order chi connectivity index (χ1) is 20.8. The predicted molar refractivity (Wildman–Crippen MR) is 160 cm³/mol. The summed E-state index contributed by atoms with van der Waals surface area (Å²) in [7, 11) is 0. The highest BCUT2D eigenvalue weighted by Crippen LogP contribution is 2.33. The maximum Gasteiger partial charge on any atom is 0.435 e. The first kappa shape index (κ1) is 32.1. The first-order valence-corrected chi connectivity index (χ1v) is 13.9. The van der Waals surface area contributed by atoms with Crippen LogP contribution in [0.5, 0.6) is 0 Å². The third kappa shape index (κ3) is 7.94. The average Bonchev–Trinajstić information content (AvgIpc) is 3.43. The maximum atomic E-state index is 15.8. The summed E-state index contributed by atoms with van der Waals surface area (Å²) < 4.78 is 63.0. The van der Waals surface area contributed by atoms with Gasteiger partial charge in [0.25, 0.3) is 5.91 Å². The zero-order chi connectivity index (χ0) is 32.1. The van der Waals surface area contributed by atoms with Crippen LogP contribution in [0.25, 0.3) is 5.69 Å². The Morgan fingerprint density at radius 2 is 1.66 bits per heavy atom. The van der Waals surface area contributed by atoms with Crippen LogP contribution in [0.15, 0.2) is 78.9 Å². The average molecular weight is 612 g/mol. The second-order valence-corrected chi connectivity index (χ2v) is 10.9. The number of anilines is 3. The summed E-state index contributed by atoms with van der Waals surface area (Å²) >= 11 is 0. The number of carbonyl (C=O) groups is 2. The molecule has 0 radical (unpaired) electrons. The van der Waals surface area contributed by atoms with Gasteiger partial charge in [-0.1, -0.05) is 43.3 Å². The van der Waals surface area contributed by atoms with Gasteiger partial charge in [0, 0.05) is 24.8 Å². The molecule has 0 fully saturated rings. The minimum Gasteiger partial charge on any atom is -0.444 e. The Bertz CT molecular complexity index is 1610. The van der Waals surface area contributed by atoms with Gasteiger partial charge in [-0.3, -0.25) is 4.79 Å². The summed E-state index contributed by atoms with van der Waals surface area (Å²) in [4.78, 5) is 27.2. The quantitative estimate of drug-likeness (QED) is 0.188. The number of rotatable bonds is 9. The van der Waals surface area contributed by atoms with Gasteiger partial charge in [0.2, 0.25) is 0 Å². The number of amides is 2. The number of para-hydroxylation sites is 1. The zero-order valence-corrected chi connectivity index (χ0v) is 24.7. The van der Waals surface area contributed by atoms with Crippen LogP contribution in [0.4, 0.5) is 39.4 Å². The number of halogens is 4. The van der Waals surface area contributed by atoms with Crippen molar-refractivity contribution in [2.45, 2.75) is 52.4 Å². The van der Waals surface area contributed by atoms with E-state index in [2.05, 4.69) is 15.7 Å². The van der Waals surface area contributed by atoms with Gasteiger partial charge < -0.3 is 20.3 Å². The number of alkyl carbamates (subject to hydrolysis) is 1. The van der Waals surface area contributed by atoms with Crippen molar-refractivity contribution in [2.24, 2.45) is 0 Å². The molecule has 12 heteroatoms. The third-order valence-corrected chi connectivity index (χ3v) is 6.26. The van der Waals surface area contributed by atoms with Crippen LogP contribution in [0.3, 0.4) is 0 Å². The van der Waals surface area contributed by atoms with E-state index >= 15 is 4.39 Å². The molecule has 1 aromatic heterocycles. The summed E-state index contributed by atoms with van der Waals surface area (Å²) in [5.41, 5.74) is -1.11. The van der Waals surface area contributed by atoms with E-state index in [0.717, 1.165) is 10.4 Å². The van der Waals surface area contributed by atoms with Gasteiger partial charge in [0.15, 0.2) is 11.5 Å². The molecule has 0 bridgehead atoms. The van der Waals surface area contributed by atoms with E-state index < -0.39 is 41.0 Å². The molecule has 8 nitrogen and oxygen atoms in total. The largest absolute Gasteiger partial charge is 0.444 e. The zero-order valence-electron chi connectivity index (χ0n) is 24.7. The van der Waals surface area contributed by atoms with E-state index in [9.17, 15) is 22.8 Å². The van der Waals surface area contributed by atoms with Crippen molar-refractivity contribution in [1.82, 2.24) is 15.1 Å². The molecular weight excluding hydrogens is 578 g/mol. The van der Waals surface area contributed by atoms with Crippen molar-refractivity contribution in [1.29, 1.82) is 0 Å². The molecule has 1 heterocycles. The van der Waals surface area contributed by atoms with Gasteiger partial charge in [-0.25, -0.2) is 13.9 Å². The number of aromatic nitrogens is 2. The molecule has 0 spiro atoms. The van der Waals surface area contributed by atoms with Crippen LogP contribution < -0.4 is 15.5 Å². The summed E-state index contributed by atoms with van der Waals surface area (Å²) in [5.74, 6) is -1.74. The molecule has 4 rings (SSSR count). The van der Waals surface area contributed by atoms with Crippen LogP contribution >= 0.6 is 0 Å². The van der Waals surface area contributed by atoms with Crippen LogP contribution in [0, 0.1) is 5.82 Å². The lowest BCUT2D eigenvalue weighted by atomic mass is 10.2. The third-order valence-electron chi connectivity index (χ3n) is 6.26. The van der Waals surface area contributed by atoms with Gasteiger partial charge in [0.05, 0.1) is 17.1 Å². The summed E-state index contributed by atoms with van der Waals surface area (Å²) in [6.45, 7) is 7.57. The summed E-state index contributed by atoms with van der Waals surface area (Å²) in [6.07, 6.45) is -4.82. The number of carbonyl (C=O) groups excluding carboxylic acids is 2. The number of ether oxygens (including phenoxy) is 1. The van der Waals surface area contributed by atoms with Gasteiger partial charge >= 0.3 is 12.3 Å².